The summed E-state index contributed by atoms with van der Waals surface area (Å²) in [5.74, 6) is -0.283. The van der Waals surface area contributed by atoms with Crippen LogP contribution in [-0.2, 0) is 14.3 Å². The Balaban J connectivity index is 1.87. The number of allylic oxidation sites excluding steroid dienone is 1. The molecule has 1 atom stereocenters. The van der Waals surface area contributed by atoms with E-state index in [0.717, 1.165) is 11.1 Å². The van der Waals surface area contributed by atoms with E-state index in [2.05, 4.69) is 4.99 Å². The Morgan fingerprint density at radius 3 is 2.34 bits per heavy atom. The van der Waals surface area contributed by atoms with Gasteiger partial charge in [-0.05, 0) is 55.3 Å². The van der Waals surface area contributed by atoms with Crippen molar-refractivity contribution in [1.29, 1.82) is 0 Å². The van der Waals surface area contributed by atoms with Crippen molar-refractivity contribution in [1.82, 2.24) is 4.57 Å². The topological polar surface area (TPSA) is 96.2 Å². The Labute approximate surface area is 205 Å². The van der Waals surface area contributed by atoms with Crippen LogP contribution in [0.15, 0.2) is 69.6 Å². The normalized spacial score (nSPS) is 15.3. The monoisotopic (exact) mass is 492 g/mol. The molecule has 35 heavy (non-hydrogen) atoms. The lowest BCUT2D eigenvalue weighted by Gasteiger charge is -2.24. The molecule has 1 aliphatic heterocycles. The van der Waals surface area contributed by atoms with Crippen LogP contribution >= 0.6 is 11.3 Å². The molecule has 0 aliphatic carbocycles. The van der Waals surface area contributed by atoms with Crippen LogP contribution in [0.2, 0.25) is 0 Å². The highest BCUT2D eigenvalue weighted by Crippen LogP contribution is 2.31. The number of hydrogen-bond donors (Lipinski definition) is 0. The number of nitrogens with zero attached hydrogens (tertiary/aromatic N) is 2. The Morgan fingerprint density at radius 1 is 1.06 bits per heavy atom. The van der Waals surface area contributed by atoms with Crippen LogP contribution in [0.3, 0.4) is 0 Å². The van der Waals surface area contributed by atoms with E-state index in [1.807, 2.05) is 12.1 Å². The third kappa shape index (κ3) is 4.67. The van der Waals surface area contributed by atoms with Gasteiger partial charge in [0.2, 0.25) is 0 Å². The van der Waals surface area contributed by atoms with Crippen molar-refractivity contribution in [2.45, 2.75) is 19.9 Å². The van der Waals surface area contributed by atoms with E-state index >= 15 is 0 Å². The first-order valence-corrected chi connectivity index (χ1v) is 11.7. The number of carbonyl (C=O) groups excluding carboxylic acids is 2. The van der Waals surface area contributed by atoms with Crippen molar-refractivity contribution < 1.29 is 23.8 Å². The smallest absolute Gasteiger partial charge is 0.338 e. The number of thiazole rings is 1. The number of ether oxygens (including phenoxy) is 3. The third-order valence-corrected chi connectivity index (χ3v) is 6.56. The fourth-order valence-electron chi connectivity index (χ4n) is 3.88. The first kappa shape index (κ1) is 24.2. The maximum atomic E-state index is 13.6. The number of hydrogen-bond acceptors (Lipinski definition) is 8. The molecule has 2 aromatic carbocycles. The van der Waals surface area contributed by atoms with Gasteiger partial charge in [-0.1, -0.05) is 35.6 Å². The van der Waals surface area contributed by atoms with Crippen LogP contribution in [0.25, 0.3) is 6.08 Å². The second-order valence-electron chi connectivity index (χ2n) is 7.69. The van der Waals surface area contributed by atoms with Crippen molar-refractivity contribution in [3.63, 3.8) is 0 Å². The maximum Gasteiger partial charge on any atom is 0.338 e. The molecule has 0 spiro atoms. The van der Waals surface area contributed by atoms with Crippen molar-refractivity contribution in [3.8, 4) is 5.75 Å². The lowest BCUT2D eigenvalue weighted by molar-refractivity contribution is -0.139. The van der Waals surface area contributed by atoms with Crippen molar-refractivity contribution in [3.05, 3.63) is 96.2 Å². The summed E-state index contributed by atoms with van der Waals surface area (Å²) < 4.78 is 17.3. The van der Waals surface area contributed by atoms with Crippen LogP contribution < -0.4 is 19.6 Å². The first-order chi connectivity index (χ1) is 16.9. The lowest BCUT2D eigenvalue weighted by atomic mass is 9.96. The molecule has 1 unspecified atom stereocenters. The Kier molecular flexibility index (Phi) is 6.97. The summed E-state index contributed by atoms with van der Waals surface area (Å²) in [6.45, 7) is 3.68. The highest BCUT2D eigenvalue weighted by Gasteiger charge is 2.33. The number of carbonyl (C=O) groups is 2. The standard InChI is InChI=1S/C26H24N2O6S/c1-5-34-25(31)21-15(2)27-26-28(22(21)17-10-12-19(32-3)13-11-17)23(29)20(35-26)14-16-6-8-18(9-7-16)24(30)33-4/h6-14,22H,5H2,1-4H3. The van der Waals surface area contributed by atoms with Gasteiger partial charge in [-0.15, -0.1) is 0 Å². The van der Waals surface area contributed by atoms with Crippen molar-refractivity contribution in [2.75, 3.05) is 20.8 Å². The maximum absolute atomic E-state index is 13.6. The van der Waals surface area contributed by atoms with Crippen LogP contribution in [0.5, 0.6) is 5.75 Å². The second-order valence-corrected chi connectivity index (χ2v) is 8.70. The highest BCUT2D eigenvalue weighted by atomic mass is 32.1. The average Bonchev–Trinajstić information content (AvgIpc) is 3.17. The van der Waals surface area contributed by atoms with Crippen LogP contribution in [0.4, 0.5) is 0 Å². The number of methoxy groups -OCH3 is 2. The van der Waals surface area contributed by atoms with Crippen LogP contribution in [-0.4, -0.2) is 37.3 Å². The van der Waals surface area contributed by atoms with E-state index in [1.54, 1.807) is 63.4 Å². The van der Waals surface area contributed by atoms with Crippen LogP contribution in [0.1, 0.15) is 41.4 Å². The Bertz CT molecular complexity index is 1480. The van der Waals surface area contributed by atoms with Crippen molar-refractivity contribution >= 4 is 29.4 Å². The molecule has 0 saturated carbocycles. The minimum Gasteiger partial charge on any atom is -0.497 e. The van der Waals surface area contributed by atoms with Crippen molar-refractivity contribution in [2.24, 2.45) is 4.99 Å². The average molecular weight is 493 g/mol. The first-order valence-electron chi connectivity index (χ1n) is 10.9. The molecule has 9 heteroatoms. The van der Waals surface area contributed by atoms with Gasteiger partial charge in [0.25, 0.3) is 5.56 Å². The molecule has 3 aromatic rings. The zero-order chi connectivity index (χ0) is 25.1. The molecular formula is C26H24N2O6S. The van der Waals surface area contributed by atoms with Gasteiger partial charge in [0.1, 0.15) is 5.75 Å². The molecule has 0 amide bonds. The van der Waals surface area contributed by atoms with E-state index in [-0.39, 0.29) is 12.2 Å². The summed E-state index contributed by atoms with van der Waals surface area (Å²) in [6, 6.07) is 13.3. The molecule has 1 aliphatic rings. The molecule has 0 bridgehead atoms. The summed E-state index contributed by atoms with van der Waals surface area (Å²) in [7, 11) is 2.90. The largest absolute Gasteiger partial charge is 0.497 e. The minimum absolute atomic E-state index is 0.205. The van der Waals surface area contributed by atoms with Gasteiger partial charge in [-0.25, -0.2) is 14.6 Å². The van der Waals surface area contributed by atoms with E-state index in [1.165, 1.54) is 23.0 Å². The lowest BCUT2D eigenvalue weighted by Crippen LogP contribution is -2.39. The number of rotatable bonds is 6. The molecular weight excluding hydrogens is 468 g/mol. The summed E-state index contributed by atoms with van der Waals surface area (Å²) in [5, 5.41) is 0. The van der Waals surface area contributed by atoms with Gasteiger partial charge < -0.3 is 14.2 Å². The quantitative estimate of drug-likeness (QED) is 0.491. The minimum atomic E-state index is -0.694. The second kappa shape index (κ2) is 10.1. The number of aromatic nitrogens is 1. The predicted octanol–water partition coefficient (Wildman–Crippen LogP) is 2.59. The Morgan fingerprint density at radius 2 is 1.74 bits per heavy atom. The van der Waals surface area contributed by atoms with Gasteiger partial charge in [0.15, 0.2) is 4.80 Å². The van der Waals surface area contributed by atoms with E-state index < -0.39 is 18.0 Å². The molecule has 0 saturated heterocycles. The van der Waals surface area contributed by atoms with E-state index in [0.29, 0.717) is 31.9 Å². The predicted molar refractivity (Wildman–Crippen MR) is 131 cm³/mol. The van der Waals surface area contributed by atoms with Gasteiger partial charge in [-0.2, -0.15) is 0 Å². The number of esters is 2. The highest BCUT2D eigenvalue weighted by molar-refractivity contribution is 7.07. The zero-order valence-electron chi connectivity index (χ0n) is 19.7. The summed E-state index contributed by atoms with van der Waals surface area (Å²) in [4.78, 5) is 43.3. The van der Waals surface area contributed by atoms with Gasteiger partial charge >= 0.3 is 11.9 Å². The summed E-state index contributed by atoms with van der Waals surface area (Å²) in [6.07, 6.45) is 1.74. The molecule has 180 valence electrons. The zero-order valence-corrected chi connectivity index (χ0v) is 20.5. The van der Waals surface area contributed by atoms with E-state index in [4.69, 9.17) is 14.2 Å². The van der Waals surface area contributed by atoms with Crippen LogP contribution in [0, 0.1) is 0 Å². The summed E-state index contributed by atoms with van der Waals surface area (Å²) in [5.41, 5.74) is 2.43. The van der Waals surface area contributed by atoms with Gasteiger partial charge in [0, 0.05) is 0 Å². The molecule has 8 nitrogen and oxygen atoms in total. The number of fused-ring (bicyclic) bond motifs is 1. The molecule has 0 radical (unpaired) electrons. The Hall–Kier alpha value is -3.98. The number of benzene rings is 2. The van der Waals surface area contributed by atoms with Gasteiger partial charge in [0.05, 0.1) is 48.2 Å². The SMILES string of the molecule is CCOC(=O)C1=C(C)N=c2sc(=Cc3ccc(C(=O)OC)cc3)c(=O)n2C1c1ccc(OC)cc1. The molecule has 2 heterocycles. The summed E-state index contributed by atoms with van der Waals surface area (Å²) >= 11 is 1.23. The fraction of sp³-hybridized carbons (Fsp3) is 0.231. The molecule has 4 rings (SSSR count). The molecule has 0 N–H and O–H groups in total. The van der Waals surface area contributed by atoms with Gasteiger partial charge in [-0.3, -0.25) is 9.36 Å². The molecule has 1 aromatic heterocycles. The molecule has 0 fully saturated rings. The van der Waals surface area contributed by atoms with E-state index in [9.17, 15) is 14.4 Å². The third-order valence-electron chi connectivity index (χ3n) is 5.58. The fourth-order valence-corrected chi connectivity index (χ4v) is 4.92.